The van der Waals surface area contributed by atoms with E-state index in [4.69, 9.17) is 9.84 Å². The fraction of sp³-hybridized carbons (Fsp3) is 0.250. The molecule has 1 N–H and O–H groups in total. The average Bonchev–Trinajstić information content (AvgIpc) is 2.35. The van der Waals surface area contributed by atoms with Crippen LogP contribution in [0.25, 0.3) is 0 Å². The van der Waals surface area contributed by atoms with E-state index in [1.165, 1.54) is 24.3 Å². The van der Waals surface area contributed by atoms with Crippen molar-refractivity contribution in [2.24, 2.45) is 0 Å². The van der Waals surface area contributed by atoms with Crippen molar-refractivity contribution in [3.05, 3.63) is 44.4 Å². The molecule has 102 valence electrons. The van der Waals surface area contributed by atoms with Crippen LogP contribution in [0.3, 0.4) is 0 Å². The lowest BCUT2D eigenvalue weighted by atomic mass is 10.2. The third-order valence-electron chi connectivity index (χ3n) is 2.35. The van der Waals surface area contributed by atoms with Gasteiger partial charge in [-0.25, -0.2) is 4.79 Å². The number of ether oxygens (including phenoxy) is 1. The molecule has 0 fully saturated rings. The number of aliphatic carboxylic acids is 1. The number of hydrogen-bond acceptors (Lipinski definition) is 4. The van der Waals surface area contributed by atoms with Gasteiger partial charge in [-0.3, -0.25) is 10.1 Å². The first-order valence-corrected chi connectivity index (χ1v) is 6.24. The van der Waals surface area contributed by atoms with E-state index in [1.54, 1.807) is 6.92 Å². The highest BCUT2D eigenvalue weighted by Gasteiger charge is 2.10. The van der Waals surface area contributed by atoms with Crippen LogP contribution in [-0.4, -0.2) is 22.6 Å². The van der Waals surface area contributed by atoms with E-state index in [0.717, 1.165) is 0 Å². The summed E-state index contributed by atoms with van der Waals surface area (Å²) in [4.78, 5) is 20.9. The van der Waals surface area contributed by atoms with Crippen molar-refractivity contribution < 1.29 is 19.6 Å². The SMILES string of the molecule is CC/C(=C/COc1cc([N+](=O)[O-])ccc1Br)C(=O)O. The Labute approximate surface area is 118 Å². The smallest absolute Gasteiger partial charge is 0.331 e. The Morgan fingerprint density at radius 1 is 1.58 bits per heavy atom. The molecule has 19 heavy (non-hydrogen) atoms. The van der Waals surface area contributed by atoms with Gasteiger partial charge in [-0.05, 0) is 34.5 Å². The molecule has 0 saturated heterocycles. The number of nitro benzene ring substituents is 1. The molecule has 0 aromatic heterocycles. The molecule has 0 atom stereocenters. The topological polar surface area (TPSA) is 89.7 Å². The number of non-ortho nitro benzene ring substituents is 1. The van der Waals surface area contributed by atoms with Gasteiger partial charge >= 0.3 is 5.97 Å². The lowest BCUT2D eigenvalue weighted by molar-refractivity contribution is -0.384. The van der Waals surface area contributed by atoms with E-state index in [9.17, 15) is 14.9 Å². The van der Waals surface area contributed by atoms with Gasteiger partial charge in [0.25, 0.3) is 5.69 Å². The summed E-state index contributed by atoms with van der Waals surface area (Å²) in [6.45, 7) is 1.76. The molecule has 0 aliphatic rings. The number of halogens is 1. The van der Waals surface area contributed by atoms with Gasteiger partial charge in [-0.2, -0.15) is 0 Å². The van der Waals surface area contributed by atoms with Gasteiger partial charge in [-0.15, -0.1) is 0 Å². The summed E-state index contributed by atoms with van der Waals surface area (Å²) in [5.41, 5.74) is 0.151. The number of carboxylic acids is 1. The minimum atomic E-state index is -0.996. The molecule has 0 spiro atoms. The highest BCUT2D eigenvalue weighted by molar-refractivity contribution is 9.10. The normalized spacial score (nSPS) is 11.2. The summed E-state index contributed by atoms with van der Waals surface area (Å²) in [6, 6.07) is 4.14. The lowest BCUT2D eigenvalue weighted by Crippen LogP contribution is -2.03. The number of carbonyl (C=O) groups is 1. The van der Waals surface area contributed by atoms with Crippen LogP contribution >= 0.6 is 15.9 Å². The average molecular weight is 330 g/mol. The van der Waals surface area contributed by atoms with Gasteiger partial charge in [0, 0.05) is 11.6 Å². The van der Waals surface area contributed by atoms with E-state index < -0.39 is 10.9 Å². The maximum Gasteiger partial charge on any atom is 0.331 e. The van der Waals surface area contributed by atoms with Crippen molar-refractivity contribution in [1.29, 1.82) is 0 Å². The first kappa shape index (κ1) is 15.2. The van der Waals surface area contributed by atoms with Crippen LogP contribution in [0.4, 0.5) is 5.69 Å². The van der Waals surface area contributed by atoms with E-state index in [1.807, 2.05) is 0 Å². The summed E-state index contributed by atoms with van der Waals surface area (Å²) in [5.74, 6) is -0.699. The molecule has 0 aliphatic heterocycles. The fourth-order valence-corrected chi connectivity index (χ4v) is 1.69. The summed E-state index contributed by atoms with van der Waals surface area (Å²) in [7, 11) is 0. The highest BCUT2D eigenvalue weighted by atomic mass is 79.9. The zero-order chi connectivity index (χ0) is 14.4. The molecular weight excluding hydrogens is 318 g/mol. The lowest BCUT2D eigenvalue weighted by Gasteiger charge is -2.06. The predicted molar refractivity (Wildman–Crippen MR) is 72.3 cm³/mol. The summed E-state index contributed by atoms with van der Waals surface area (Å²) < 4.78 is 5.89. The monoisotopic (exact) mass is 329 g/mol. The van der Waals surface area contributed by atoms with Crippen molar-refractivity contribution in [3.63, 3.8) is 0 Å². The van der Waals surface area contributed by atoms with Crippen LogP contribution in [0, 0.1) is 10.1 Å². The number of nitrogens with zero attached hydrogens (tertiary/aromatic N) is 1. The Bertz CT molecular complexity index is 527. The molecule has 0 bridgehead atoms. The van der Waals surface area contributed by atoms with E-state index in [0.29, 0.717) is 16.6 Å². The van der Waals surface area contributed by atoms with Crippen LogP contribution in [0.2, 0.25) is 0 Å². The number of rotatable bonds is 6. The minimum absolute atomic E-state index is 0.0369. The molecule has 0 radical (unpaired) electrons. The molecule has 0 aliphatic carbocycles. The second-order valence-electron chi connectivity index (χ2n) is 3.57. The van der Waals surface area contributed by atoms with Crippen molar-refractivity contribution in [2.45, 2.75) is 13.3 Å². The maximum atomic E-state index is 10.8. The molecule has 1 aromatic rings. The van der Waals surface area contributed by atoms with Gasteiger partial charge in [-0.1, -0.05) is 6.92 Å². The molecule has 1 aromatic carbocycles. The van der Waals surface area contributed by atoms with Crippen LogP contribution < -0.4 is 4.74 Å². The standard InChI is InChI=1S/C12H12BrNO5/c1-2-8(12(15)16)5-6-19-11-7-9(14(17)18)3-4-10(11)13/h3-5,7H,2,6H2,1H3,(H,15,16)/b8-5-. The second kappa shape index (κ2) is 6.89. The molecule has 7 heteroatoms. The molecule has 6 nitrogen and oxygen atoms in total. The number of nitro groups is 1. The largest absolute Gasteiger partial charge is 0.488 e. The van der Waals surface area contributed by atoms with Crippen LogP contribution in [0.5, 0.6) is 5.75 Å². The van der Waals surface area contributed by atoms with E-state index >= 15 is 0 Å². The van der Waals surface area contributed by atoms with Crippen LogP contribution in [0.15, 0.2) is 34.3 Å². The van der Waals surface area contributed by atoms with Crippen molar-refractivity contribution in [1.82, 2.24) is 0 Å². The van der Waals surface area contributed by atoms with Crippen LogP contribution in [0.1, 0.15) is 13.3 Å². The minimum Gasteiger partial charge on any atom is -0.488 e. The predicted octanol–water partition coefficient (Wildman–Crippen LogP) is 3.16. The third kappa shape index (κ3) is 4.36. The van der Waals surface area contributed by atoms with E-state index in [2.05, 4.69) is 15.9 Å². The number of benzene rings is 1. The summed E-state index contributed by atoms with van der Waals surface area (Å²) in [6.07, 6.45) is 1.82. The van der Waals surface area contributed by atoms with Gasteiger partial charge in [0.05, 0.1) is 15.5 Å². The highest BCUT2D eigenvalue weighted by Crippen LogP contribution is 2.29. The Kier molecular flexibility index (Phi) is 5.50. The molecule has 0 amide bonds. The molecule has 0 unspecified atom stereocenters. The molecule has 0 heterocycles. The van der Waals surface area contributed by atoms with Gasteiger partial charge in [0.2, 0.25) is 0 Å². The molecular formula is C12H12BrNO5. The Morgan fingerprint density at radius 3 is 2.79 bits per heavy atom. The Hall–Kier alpha value is -1.89. The van der Waals surface area contributed by atoms with E-state index in [-0.39, 0.29) is 17.9 Å². The fourth-order valence-electron chi connectivity index (χ4n) is 1.33. The second-order valence-corrected chi connectivity index (χ2v) is 4.43. The zero-order valence-electron chi connectivity index (χ0n) is 10.1. The first-order valence-electron chi connectivity index (χ1n) is 5.44. The Morgan fingerprint density at radius 2 is 2.26 bits per heavy atom. The zero-order valence-corrected chi connectivity index (χ0v) is 11.7. The van der Waals surface area contributed by atoms with Crippen molar-refractivity contribution in [2.75, 3.05) is 6.61 Å². The molecule has 1 rings (SSSR count). The first-order chi connectivity index (χ1) is 8.95. The summed E-state index contributed by atoms with van der Waals surface area (Å²) >= 11 is 3.21. The number of carboxylic acid groups (broad SMARTS) is 1. The Balaban J connectivity index is 2.80. The number of hydrogen-bond donors (Lipinski definition) is 1. The van der Waals surface area contributed by atoms with Gasteiger partial charge < -0.3 is 9.84 Å². The maximum absolute atomic E-state index is 10.8. The van der Waals surface area contributed by atoms with Gasteiger partial charge in [0.15, 0.2) is 0 Å². The quantitative estimate of drug-likeness (QED) is 0.492. The summed E-state index contributed by atoms with van der Waals surface area (Å²) in [5, 5.41) is 19.4. The third-order valence-corrected chi connectivity index (χ3v) is 3.00. The van der Waals surface area contributed by atoms with Crippen LogP contribution in [-0.2, 0) is 4.79 Å². The van der Waals surface area contributed by atoms with Crippen molar-refractivity contribution >= 4 is 27.6 Å². The van der Waals surface area contributed by atoms with Crippen molar-refractivity contribution in [3.8, 4) is 5.75 Å². The molecule has 0 saturated carbocycles. The van der Waals surface area contributed by atoms with Gasteiger partial charge in [0.1, 0.15) is 12.4 Å².